The number of amides is 1. The highest BCUT2D eigenvalue weighted by Gasteiger charge is 2.17. The molecule has 112 valence electrons. The molecule has 0 saturated carbocycles. The monoisotopic (exact) mass is 289 g/mol. The van der Waals surface area contributed by atoms with Gasteiger partial charge in [-0.2, -0.15) is 5.10 Å². The number of carbonyl (C=O) groups excluding carboxylic acids is 1. The SMILES string of the molecule is COCCN(CCO)C(=O)c1cc(-c2ccccc2)n[nH]1. The second-order valence-corrected chi connectivity index (χ2v) is 4.54. The third-order valence-electron chi connectivity index (χ3n) is 3.10. The first kappa shape index (κ1) is 15.2. The first-order valence-electron chi connectivity index (χ1n) is 6.76. The van der Waals surface area contributed by atoms with Gasteiger partial charge in [-0.3, -0.25) is 9.89 Å². The van der Waals surface area contributed by atoms with Crippen LogP contribution in [0.25, 0.3) is 11.3 Å². The van der Waals surface area contributed by atoms with Gasteiger partial charge in [0.15, 0.2) is 0 Å². The number of methoxy groups -OCH3 is 1. The van der Waals surface area contributed by atoms with Crippen molar-refractivity contribution in [2.75, 3.05) is 33.4 Å². The minimum absolute atomic E-state index is 0.0882. The van der Waals surface area contributed by atoms with Gasteiger partial charge < -0.3 is 14.7 Å². The van der Waals surface area contributed by atoms with Crippen molar-refractivity contribution in [3.8, 4) is 11.3 Å². The fraction of sp³-hybridized carbons (Fsp3) is 0.333. The Bertz CT molecular complexity index is 569. The van der Waals surface area contributed by atoms with Crippen LogP contribution in [0.3, 0.4) is 0 Å². The van der Waals surface area contributed by atoms with Crippen LogP contribution in [-0.2, 0) is 4.74 Å². The minimum Gasteiger partial charge on any atom is -0.395 e. The van der Waals surface area contributed by atoms with Gasteiger partial charge in [0, 0.05) is 25.8 Å². The maximum Gasteiger partial charge on any atom is 0.272 e. The van der Waals surface area contributed by atoms with Crippen molar-refractivity contribution >= 4 is 5.91 Å². The van der Waals surface area contributed by atoms with E-state index in [9.17, 15) is 4.79 Å². The summed E-state index contributed by atoms with van der Waals surface area (Å²) in [4.78, 5) is 13.9. The number of rotatable bonds is 7. The molecule has 2 aromatic rings. The van der Waals surface area contributed by atoms with Gasteiger partial charge in [0.2, 0.25) is 0 Å². The van der Waals surface area contributed by atoms with Gasteiger partial charge in [-0.1, -0.05) is 30.3 Å². The quantitative estimate of drug-likeness (QED) is 0.801. The highest BCUT2D eigenvalue weighted by molar-refractivity contribution is 5.93. The van der Waals surface area contributed by atoms with E-state index >= 15 is 0 Å². The molecule has 0 unspecified atom stereocenters. The zero-order valence-corrected chi connectivity index (χ0v) is 12.0. The summed E-state index contributed by atoms with van der Waals surface area (Å²) in [6, 6.07) is 11.3. The number of hydrogen-bond acceptors (Lipinski definition) is 4. The number of carbonyl (C=O) groups is 1. The Kier molecular flexibility index (Phi) is 5.48. The molecule has 0 aliphatic heterocycles. The van der Waals surface area contributed by atoms with Crippen molar-refractivity contribution < 1.29 is 14.6 Å². The zero-order chi connectivity index (χ0) is 15.1. The van der Waals surface area contributed by atoms with Crippen molar-refractivity contribution in [1.82, 2.24) is 15.1 Å². The zero-order valence-electron chi connectivity index (χ0n) is 12.0. The Balaban J connectivity index is 2.13. The van der Waals surface area contributed by atoms with Crippen molar-refractivity contribution in [1.29, 1.82) is 0 Å². The molecule has 1 aromatic carbocycles. The van der Waals surface area contributed by atoms with Crippen LogP contribution >= 0.6 is 0 Å². The van der Waals surface area contributed by atoms with Gasteiger partial charge in [0.1, 0.15) is 5.69 Å². The van der Waals surface area contributed by atoms with Crippen LogP contribution in [0.4, 0.5) is 0 Å². The number of aromatic nitrogens is 2. The Morgan fingerprint density at radius 3 is 2.76 bits per heavy atom. The molecule has 2 rings (SSSR count). The van der Waals surface area contributed by atoms with Crippen LogP contribution in [0.1, 0.15) is 10.5 Å². The van der Waals surface area contributed by atoms with E-state index in [0.717, 1.165) is 11.3 Å². The Labute approximate surface area is 123 Å². The number of benzene rings is 1. The van der Waals surface area contributed by atoms with E-state index < -0.39 is 0 Å². The molecule has 6 nitrogen and oxygen atoms in total. The molecule has 0 fully saturated rings. The third-order valence-corrected chi connectivity index (χ3v) is 3.10. The number of hydrogen-bond donors (Lipinski definition) is 2. The fourth-order valence-corrected chi connectivity index (χ4v) is 2.00. The topological polar surface area (TPSA) is 78.5 Å². The summed E-state index contributed by atoms with van der Waals surface area (Å²) < 4.78 is 4.98. The number of nitrogens with zero attached hydrogens (tertiary/aromatic N) is 2. The molecule has 0 saturated heterocycles. The van der Waals surface area contributed by atoms with Crippen LogP contribution < -0.4 is 0 Å². The normalized spacial score (nSPS) is 10.6. The average Bonchev–Trinajstić information content (AvgIpc) is 3.01. The van der Waals surface area contributed by atoms with Gasteiger partial charge in [0.05, 0.1) is 18.9 Å². The summed E-state index contributed by atoms with van der Waals surface area (Å²) in [5.74, 6) is -0.198. The van der Waals surface area contributed by atoms with E-state index in [1.165, 1.54) is 4.90 Å². The molecular weight excluding hydrogens is 270 g/mol. The first-order chi connectivity index (χ1) is 10.3. The largest absolute Gasteiger partial charge is 0.395 e. The lowest BCUT2D eigenvalue weighted by Crippen LogP contribution is -2.36. The number of nitrogens with one attached hydrogen (secondary N) is 1. The number of aliphatic hydroxyl groups is 1. The molecule has 0 spiro atoms. The maximum atomic E-state index is 12.4. The van der Waals surface area contributed by atoms with Crippen molar-refractivity contribution in [3.05, 3.63) is 42.1 Å². The molecule has 1 amide bonds. The lowest BCUT2D eigenvalue weighted by atomic mass is 10.1. The average molecular weight is 289 g/mol. The molecule has 0 aliphatic rings. The predicted molar refractivity (Wildman–Crippen MR) is 78.9 cm³/mol. The molecule has 1 heterocycles. The van der Waals surface area contributed by atoms with E-state index in [2.05, 4.69) is 10.2 Å². The summed E-state index contributed by atoms with van der Waals surface area (Å²) in [5.41, 5.74) is 2.06. The highest BCUT2D eigenvalue weighted by Crippen LogP contribution is 2.17. The summed E-state index contributed by atoms with van der Waals surface area (Å²) >= 11 is 0. The first-order valence-corrected chi connectivity index (χ1v) is 6.76. The standard InChI is InChI=1S/C15H19N3O3/c1-21-10-8-18(7-9-19)15(20)14-11-13(16-17-14)12-5-3-2-4-6-12/h2-6,11,19H,7-10H2,1H3,(H,16,17). The lowest BCUT2D eigenvalue weighted by molar-refractivity contribution is 0.0651. The Morgan fingerprint density at radius 1 is 1.33 bits per heavy atom. The van der Waals surface area contributed by atoms with Gasteiger partial charge in [-0.15, -0.1) is 0 Å². The summed E-state index contributed by atoms with van der Waals surface area (Å²) in [7, 11) is 1.57. The van der Waals surface area contributed by atoms with Gasteiger partial charge in [-0.25, -0.2) is 0 Å². The lowest BCUT2D eigenvalue weighted by Gasteiger charge is -2.20. The van der Waals surface area contributed by atoms with E-state index in [-0.39, 0.29) is 19.1 Å². The van der Waals surface area contributed by atoms with Gasteiger partial charge in [0.25, 0.3) is 5.91 Å². The number of aromatic amines is 1. The molecule has 1 aromatic heterocycles. The van der Waals surface area contributed by atoms with Crippen molar-refractivity contribution in [2.45, 2.75) is 0 Å². The molecule has 0 radical (unpaired) electrons. The van der Waals surface area contributed by atoms with Gasteiger partial charge >= 0.3 is 0 Å². The van der Waals surface area contributed by atoms with Crippen LogP contribution in [0, 0.1) is 0 Å². The molecule has 21 heavy (non-hydrogen) atoms. The van der Waals surface area contributed by atoms with Crippen molar-refractivity contribution in [3.63, 3.8) is 0 Å². The highest BCUT2D eigenvalue weighted by atomic mass is 16.5. The van der Waals surface area contributed by atoms with Gasteiger partial charge in [-0.05, 0) is 6.07 Å². The van der Waals surface area contributed by atoms with Crippen LogP contribution in [0.2, 0.25) is 0 Å². The fourth-order valence-electron chi connectivity index (χ4n) is 2.00. The Morgan fingerprint density at radius 2 is 2.10 bits per heavy atom. The Hall–Kier alpha value is -2.18. The van der Waals surface area contributed by atoms with Crippen LogP contribution in [0.5, 0.6) is 0 Å². The minimum atomic E-state index is -0.198. The smallest absolute Gasteiger partial charge is 0.272 e. The maximum absolute atomic E-state index is 12.4. The summed E-state index contributed by atoms with van der Waals surface area (Å²) in [6.07, 6.45) is 0. The van der Waals surface area contributed by atoms with E-state index in [1.807, 2.05) is 30.3 Å². The van der Waals surface area contributed by atoms with E-state index in [4.69, 9.17) is 9.84 Å². The molecule has 0 atom stereocenters. The second-order valence-electron chi connectivity index (χ2n) is 4.54. The molecule has 2 N–H and O–H groups in total. The van der Waals surface area contributed by atoms with E-state index in [1.54, 1.807) is 13.2 Å². The van der Waals surface area contributed by atoms with Crippen molar-refractivity contribution in [2.24, 2.45) is 0 Å². The predicted octanol–water partition coefficient (Wildman–Crippen LogP) is 1.16. The molecule has 6 heteroatoms. The van der Waals surface area contributed by atoms with Crippen LogP contribution in [0.15, 0.2) is 36.4 Å². The number of ether oxygens (including phenoxy) is 1. The second kappa shape index (κ2) is 7.56. The van der Waals surface area contributed by atoms with Crippen LogP contribution in [-0.4, -0.2) is 59.5 Å². The number of H-pyrrole nitrogens is 1. The summed E-state index contributed by atoms with van der Waals surface area (Å²) in [6.45, 7) is 1.03. The molecular formula is C15H19N3O3. The summed E-state index contributed by atoms with van der Waals surface area (Å²) in [5, 5.41) is 16.0. The third kappa shape index (κ3) is 3.90. The van der Waals surface area contributed by atoms with E-state index in [0.29, 0.717) is 18.8 Å². The number of aliphatic hydroxyl groups excluding tert-OH is 1. The molecule has 0 aliphatic carbocycles. The molecule has 0 bridgehead atoms.